The second-order valence-electron chi connectivity index (χ2n) is 3.00. The highest BCUT2D eigenvalue weighted by atomic mass is 79.9. The van der Waals surface area contributed by atoms with Gasteiger partial charge in [-0.3, -0.25) is 9.78 Å². The molecule has 1 heterocycles. The summed E-state index contributed by atoms with van der Waals surface area (Å²) in [4.78, 5) is 13.9. The summed E-state index contributed by atoms with van der Waals surface area (Å²) < 4.78 is 24.8. The first-order valence-electron chi connectivity index (χ1n) is 4.22. The monoisotopic (exact) mass is 295 g/mol. The van der Waals surface area contributed by atoms with E-state index in [4.69, 9.17) is 5.11 Å². The lowest BCUT2D eigenvalue weighted by atomic mass is 10.1. The first-order chi connectivity index (χ1) is 7.47. The number of carbonyl (C=O) groups is 1. The van der Waals surface area contributed by atoms with Gasteiger partial charge in [-0.15, -0.1) is 0 Å². The van der Waals surface area contributed by atoms with Crippen molar-refractivity contribution in [3.05, 3.63) is 23.0 Å². The largest absolute Gasteiger partial charge is 0.505 e. The number of carboxylic acid groups (broad SMARTS) is 1. The van der Waals surface area contributed by atoms with E-state index in [2.05, 4.69) is 20.9 Å². The van der Waals surface area contributed by atoms with E-state index in [1.807, 2.05) is 0 Å². The molecule has 0 aliphatic carbocycles. The fourth-order valence-corrected chi connectivity index (χ4v) is 1.70. The highest BCUT2D eigenvalue weighted by Gasteiger charge is 2.21. The summed E-state index contributed by atoms with van der Waals surface area (Å²) in [6.45, 7) is 0. The van der Waals surface area contributed by atoms with Gasteiger partial charge in [0.15, 0.2) is 0 Å². The molecule has 0 saturated heterocycles. The number of alkyl halides is 3. The Labute approximate surface area is 98.1 Å². The number of carboxylic acids is 1. The standard InChI is InChI=1S/C9H8BrF2NO3/c10-2-4-3-13-7(9(11)12)8(16)5(4)1-6(14)15/h3,9,16H,1-2H2,(H,14,15). The van der Waals surface area contributed by atoms with Crippen LogP contribution >= 0.6 is 15.9 Å². The van der Waals surface area contributed by atoms with Crippen LogP contribution in [0.5, 0.6) is 5.75 Å². The highest BCUT2D eigenvalue weighted by Crippen LogP contribution is 2.32. The van der Waals surface area contributed by atoms with Crippen molar-refractivity contribution >= 4 is 21.9 Å². The van der Waals surface area contributed by atoms with Gasteiger partial charge in [0.25, 0.3) is 6.43 Å². The second-order valence-corrected chi connectivity index (χ2v) is 3.56. The summed E-state index contributed by atoms with van der Waals surface area (Å²) >= 11 is 3.06. The first-order valence-corrected chi connectivity index (χ1v) is 5.35. The van der Waals surface area contributed by atoms with Gasteiger partial charge < -0.3 is 10.2 Å². The van der Waals surface area contributed by atoms with E-state index in [0.717, 1.165) is 6.20 Å². The number of nitrogens with zero attached hydrogens (tertiary/aromatic N) is 1. The molecule has 0 saturated carbocycles. The summed E-state index contributed by atoms with van der Waals surface area (Å²) in [6, 6.07) is 0. The van der Waals surface area contributed by atoms with Crippen LogP contribution in [0.4, 0.5) is 8.78 Å². The Kier molecular flexibility index (Phi) is 4.17. The molecule has 0 aromatic carbocycles. The fourth-order valence-electron chi connectivity index (χ4n) is 1.22. The van der Waals surface area contributed by atoms with Crippen LogP contribution in [0.15, 0.2) is 6.20 Å². The van der Waals surface area contributed by atoms with Crippen LogP contribution in [0.2, 0.25) is 0 Å². The molecular weight excluding hydrogens is 288 g/mol. The second kappa shape index (κ2) is 5.20. The van der Waals surface area contributed by atoms with Crippen molar-refractivity contribution in [3.8, 4) is 5.75 Å². The van der Waals surface area contributed by atoms with Crippen molar-refractivity contribution in [2.24, 2.45) is 0 Å². The van der Waals surface area contributed by atoms with E-state index >= 15 is 0 Å². The van der Waals surface area contributed by atoms with E-state index in [1.54, 1.807) is 0 Å². The lowest BCUT2D eigenvalue weighted by Gasteiger charge is -2.10. The number of pyridine rings is 1. The van der Waals surface area contributed by atoms with Gasteiger partial charge in [0, 0.05) is 17.1 Å². The van der Waals surface area contributed by atoms with Crippen molar-refractivity contribution in [2.45, 2.75) is 18.2 Å². The molecule has 0 bridgehead atoms. The zero-order valence-electron chi connectivity index (χ0n) is 7.95. The number of aromatic hydroxyl groups is 1. The molecule has 1 aromatic heterocycles. The average molecular weight is 296 g/mol. The van der Waals surface area contributed by atoms with Gasteiger partial charge in [0.2, 0.25) is 0 Å². The molecule has 16 heavy (non-hydrogen) atoms. The number of aliphatic carboxylic acids is 1. The molecule has 2 N–H and O–H groups in total. The predicted octanol–water partition coefficient (Wildman–Crippen LogP) is 2.25. The van der Waals surface area contributed by atoms with Crippen molar-refractivity contribution in [2.75, 3.05) is 0 Å². The van der Waals surface area contributed by atoms with Crippen LogP contribution in [-0.2, 0) is 16.5 Å². The van der Waals surface area contributed by atoms with Gasteiger partial charge in [0.1, 0.15) is 11.4 Å². The molecule has 0 aliphatic rings. The average Bonchev–Trinajstić information content (AvgIpc) is 2.19. The summed E-state index contributed by atoms with van der Waals surface area (Å²) in [5, 5.41) is 18.3. The quantitative estimate of drug-likeness (QED) is 0.836. The van der Waals surface area contributed by atoms with E-state index in [1.165, 1.54) is 0 Å². The molecule has 0 atom stereocenters. The molecule has 1 aromatic rings. The van der Waals surface area contributed by atoms with E-state index in [0.29, 0.717) is 5.56 Å². The van der Waals surface area contributed by atoms with Crippen molar-refractivity contribution < 1.29 is 23.8 Å². The van der Waals surface area contributed by atoms with Crippen molar-refractivity contribution in [1.29, 1.82) is 0 Å². The Balaban J connectivity index is 3.28. The smallest absolute Gasteiger partial charge is 0.307 e. The van der Waals surface area contributed by atoms with Crippen LogP contribution in [0.25, 0.3) is 0 Å². The summed E-state index contributed by atoms with van der Waals surface area (Å²) in [5.74, 6) is -1.95. The van der Waals surface area contributed by atoms with E-state index in [-0.39, 0.29) is 10.9 Å². The SMILES string of the molecule is O=C(O)Cc1c(CBr)cnc(C(F)F)c1O. The topological polar surface area (TPSA) is 70.4 Å². The molecule has 7 heteroatoms. The molecule has 0 radical (unpaired) electrons. The maximum atomic E-state index is 12.4. The maximum absolute atomic E-state index is 12.4. The van der Waals surface area contributed by atoms with Crippen LogP contribution in [-0.4, -0.2) is 21.2 Å². The normalized spacial score (nSPS) is 10.8. The summed E-state index contributed by atoms with van der Waals surface area (Å²) in [7, 11) is 0. The Morgan fingerprint density at radius 3 is 2.62 bits per heavy atom. The first kappa shape index (κ1) is 12.8. The van der Waals surface area contributed by atoms with Crippen molar-refractivity contribution in [1.82, 2.24) is 4.98 Å². The molecule has 88 valence electrons. The van der Waals surface area contributed by atoms with Gasteiger partial charge in [0.05, 0.1) is 6.42 Å². The molecule has 1 rings (SSSR count). The minimum atomic E-state index is -2.93. The molecule has 0 fully saturated rings. The Hall–Kier alpha value is -1.24. The Bertz CT molecular complexity index is 412. The molecule has 0 aliphatic heterocycles. The van der Waals surface area contributed by atoms with E-state index in [9.17, 15) is 18.7 Å². The number of rotatable bonds is 4. The molecule has 4 nitrogen and oxygen atoms in total. The Morgan fingerprint density at radius 2 is 2.19 bits per heavy atom. The maximum Gasteiger partial charge on any atom is 0.307 e. The van der Waals surface area contributed by atoms with Gasteiger partial charge in [-0.25, -0.2) is 8.78 Å². The number of halogens is 3. The Morgan fingerprint density at radius 1 is 1.56 bits per heavy atom. The van der Waals surface area contributed by atoms with Gasteiger partial charge >= 0.3 is 5.97 Å². The number of hydrogen-bond acceptors (Lipinski definition) is 3. The van der Waals surface area contributed by atoms with Crippen LogP contribution in [0.3, 0.4) is 0 Å². The number of aromatic nitrogens is 1. The zero-order valence-corrected chi connectivity index (χ0v) is 9.54. The van der Waals surface area contributed by atoms with Gasteiger partial charge in [-0.05, 0) is 5.56 Å². The third-order valence-corrected chi connectivity index (χ3v) is 2.56. The summed E-state index contributed by atoms with van der Waals surface area (Å²) in [5.41, 5.74) is -0.445. The molecule has 0 amide bonds. The highest BCUT2D eigenvalue weighted by molar-refractivity contribution is 9.08. The van der Waals surface area contributed by atoms with Crippen LogP contribution in [0, 0.1) is 0 Å². The minimum Gasteiger partial charge on any atom is -0.505 e. The molecule has 0 unspecified atom stereocenters. The summed E-state index contributed by atoms with van der Waals surface area (Å²) in [6.07, 6.45) is -2.32. The third-order valence-electron chi connectivity index (χ3n) is 1.95. The predicted molar refractivity (Wildman–Crippen MR) is 54.8 cm³/mol. The fraction of sp³-hybridized carbons (Fsp3) is 0.333. The lowest BCUT2D eigenvalue weighted by molar-refractivity contribution is -0.136. The third kappa shape index (κ3) is 2.66. The lowest BCUT2D eigenvalue weighted by Crippen LogP contribution is -2.06. The van der Waals surface area contributed by atoms with E-state index < -0.39 is 30.3 Å². The van der Waals surface area contributed by atoms with Gasteiger partial charge in [-0.2, -0.15) is 0 Å². The number of hydrogen-bond donors (Lipinski definition) is 2. The minimum absolute atomic E-state index is 0.0327. The molecule has 0 spiro atoms. The van der Waals surface area contributed by atoms with Crippen LogP contribution < -0.4 is 0 Å². The molecular formula is C9H8BrF2NO3. The van der Waals surface area contributed by atoms with Crippen LogP contribution in [0.1, 0.15) is 23.2 Å². The zero-order chi connectivity index (χ0) is 12.3. The van der Waals surface area contributed by atoms with Gasteiger partial charge in [-0.1, -0.05) is 15.9 Å². The van der Waals surface area contributed by atoms with Crippen molar-refractivity contribution in [3.63, 3.8) is 0 Å².